The van der Waals surface area contributed by atoms with E-state index in [1.807, 2.05) is 7.05 Å². The van der Waals surface area contributed by atoms with Gasteiger partial charge in [-0.3, -0.25) is 16.0 Å². The molecule has 4 nitrogen and oxygen atoms in total. The molecule has 0 aromatic carbocycles. The third-order valence-electron chi connectivity index (χ3n) is 3.57. The van der Waals surface area contributed by atoms with Crippen molar-refractivity contribution >= 4 is 11.6 Å². The second-order valence-corrected chi connectivity index (χ2v) is 5.54. The zero-order chi connectivity index (χ0) is 14.1. The molecule has 0 amide bonds. The Bertz CT molecular complexity index is 332. The van der Waals surface area contributed by atoms with E-state index in [4.69, 9.17) is 17.4 Å². The zero-order valence-corrected chi connectivity index (χ0v) is 12.9. The summed E-state index contributed by atoms with van der Waals surface area (Å²) in [7, 11) is 1.90. The maximum absolute atomic E-state index is 6.14. The van der Waals surface area contributed by atoms with Gasteiger partial charge in [0.25, 0.3) is 0 Å². The Kier molecular flexibility index (Phi) is 8.10. The summed E-state index contributed by atoms with van der Waals surface area (Å²) in [6.45, 7) is 2.25. The molecular formula is C14H27ClN4. The molecule has 0 aliphatic rings. The molecule has 0 aliphatic carbocycles. The maximum atomic E-state index is 6.14. The van der Waals surface area contributed by atoms with Crippen LogP contribution in [0.2, 0.25) is 5.02 Å². The highest BCUT2D eigenvalue weighted by Gasteiger charge is 2.17. The Morgan fingerprint density at radius 1 is 1.26 bits per heavy atom. The van der Waals surface area contributed by atoms with Crippen LogP contribution < -0.4 is 11.3 Å². The summed E-state index contributed by atoms with van der Waals surface area (Å²) >= 11 is 6.14. The van der Waals surface area contributed by atoms with E-state index in [1.54, 1.807) is 10.9 Å². The van der Waals surface area contributed by atoms with Crippen molar-refractivity contribution in [3.63, 3.8) is 0 Å². The van der Waals surface area contributed by atoms with E-state index < -0.39 is 0 Å². The molecule has 110 valence electrons. The fourth-order valence-corrected chi connectivity index (χ4v) is 2.71. The van der Waals surface area contributed by atoms with Gasteiger partial charge < -0.3 is 0 Å². The monoisotopic (exact) mass is 286 g/mol. The molecule has 3 N–H and O–H groups in total. The molecule has 5 heteroatoms. The third-order valence-corrected chi connectivity index (χ3v) is 3.86. The second-order valence-electron chi connectivity index (χ2n) is 5.13. The van der Waals surface area contributed by atoms with Crippen molar-refractivity contribution in [1.82, 2.24) is 15.2 Å². The molecule has 1 unspecified atom stereocenters. The molecule has 0 aliphatic heterocycles. The second kappa shape index (κ2) is 9.34. The molecule has 0 saturated carbocycles. The van der Waals surface area contributed by atoms with E-state index in [1.165, 1.54) is 44.9 Å². The number of unbranched alkanes of at least 4 members (excludes halogenated alkanes) is 6. The predicted molar refractivity (Wildman–Crippen MR) is 80.9 cm³/mol. The number of nitrogens with zero attached hydrogens (tertiary/aromatic N) is 2. The standard InChI is InChI=1S/C14H27ClN4/c1-3-4-5-6-7-8-9-10-13(18-16)14-12(15)11-17-19(14)2/h11,13,18H,3-10,16H2,1-2H3. The van der Waals surface area contributed by atoms with Crippen LogP contribution >= 0.6 is 11.6 Å². The quantitative estimate of drug-likeness (QED) is 0.391. The van der Waals surface area contributed by atoms with Gasteiger partial charge >= 0.3 is 0 Å². The summed E-state index contributed by atoms with van der Waals surface area (Å²) in [6, 6.07) is 0.0932. The number of aromatic nitrogens is 2. The van der Waals surface area contributed by atoms with Gasteiger partial charge in [-0.1, -0.05) is 63.5 Å². The summed E-state index contributed by atoms with van der Waals surface area (Å²) in [5.41, 5.74) is 3.83. The third kappa shape index (κ3) is 5.51. The van der Waals surface area contributed by atoms with Gasteiger partial charge in [0.1, 0.15) is 0 Å². The minimum atomic E-state index is 0.0932. The highest BCUT2D eigenvalue weighted by molar-refractivity contribution is 6.31. The zero-order valence-electron chi connectivity index (χ0n) is 12.2. The Morgan fingerprint density at radius 2 is 1.89 bits per heavy atom. The predicted octanol–water partition coefficient (Wildman–Crippen LogP) is 3.72. The first kappa shape index (κ1) is 16.5. The van der Waals surface area contributed by atoms with Crippen LogP contribution in [0.4, 0.5) is 0 Å². The summed E-state index contributed by atoms with van der Waals surface area (Å²) in [5, 5.41) is 4.84. The van der Waals surface area contributed by atoms with Crippen molar-refractivity contribution < 1.29 is 0 Å². The number of nitrogens with one attached hydrogen (secondary N) is 1. The van der Waals surface area contributed by atoms with Crippen molar-refractivity contribution in [2.75, 3.05) is 0 Å². The highest BCUT2D eigenvalue weighted by Crippen LogP contribution is 2.25. The number of hydrogen-bond donors (Lipinski definition) is 2. The fraction of sp³-hybridized carbons (Fsp3) is 0.786. The summed E-state index contributed by atoms with van der Waals surface area (Å²) in [5.74, 6) is 5.63. The number of rotatable bonds is 10. The number of hydrogen-bond acceptors (Lipinski definition) is 3. The first-order chi connectivity index (χ1) is 9.20. The average Bonchev–Trinajstić information content (AvgIpc) is 2.73. The van der Waals surface area contributed by atoms with Crippen LogP contribution in [0.1, 0.15) is 70.0 Å². The Labute approximate surface area is 121 Å². The maximum Gasteiger partial charge on any atom is 0.0834 e. The molecule has 0 saturated heterocycles. The SMILES string of the molecule is CCCCCCCCCC(NN)c1c(Cl)cnn1C. The van der Waals surface area contributed by atoms with Gasteiger partial charge in [-0.05, 0) is 6.42 Å². The molecule has 19 heavy (non-hydrogen) atoms. The molecule has 0 bridgehead atoms. The Balaban J connectivity index is 2.26. The van der Waals surface area contributed by atoms with Gasteiger partial charge in [-0.2, -0.15) is 5.10 Å². The van der Waals surface area contributed by atoms with Crippen LogP contribution in [-0.4, -0.2) is 9.78 Å². The normalized spacial score (nSPS) is 12.8. The Hall–Kier alpha value is -0.580. The van der Waals surface area contributed by atoms with E-state index in [0.29, 0.717) is 5.02 Å². The van der Waals surface area contributed by atoms with Gasteiger partial charge in [-0.25, -0.2) is 0 Å². The first-order valence-electron chi connectivity index (χ1n) is 7.34. The number of aryl methyl sites for hydroxylation is 1. The lowest BCUT2D eigenvalue weighted by molar-refractivity contribution is 0.451. The molecule has 0 fully saturated rings. The highest BCUT2D eigenvalue weighted by atomic mass is 35.5. The fourth-order valence-electron chi connectivity index (χ4n) is 2.42. The van der Waals surface area contributed by atoms with Gasteiger partial charge in [-0.15, -0.1) is 0 Å². The van der Waals surface area contributed by atoms with Crippen LogP contribution in [0.3, 0.4) is 0 Å². The van der Waals surface area contributed by atoms with Crippen molar-refractivity contribution in [3.05, 3.63) is 16.9 Å². The Morgan fingerprint density at radius 3 is 2.42 bits per heavy atom. The molecule has 1 aromatic heterocycles. The smallest absolute Gasteiger partial charge is 0.0834 e. The van der Waals surface area contributed by atoms with Gasteiger partial charge in [0.15, 0.2) is 0 Å². The summed E-state index contributed by atoms with van der Waals surface area (Å²) < 4.78 is 1.80. The van der Waals surface area contributed by atoms with Crippen LogP contribution in [0, 0.1) is 0 Å². The van der Waals surface area contributed by atoms with E-state index in [9.17, 15) is 0 Å². The summed E-state index contributed by atoms with van der Waals surface area (Å²) in [6.07, 6.45) is 11.8. The molecule has 1 heterocycles. The molecule has 1 aromatic rings. The van der Waals surface area contributed by atoms with Gasteiger partial charge in [0, 0.05) is 7.05 Å². The topological polar surface area (TPSA) is 55.9 Å². The van der Waals surface area contributed by atoms with Crippen molar-refractivity contribution in [1.29, 1.82) is 0 Å². The number of hydrazine groups is 1. The van der Waals surface area contributed by atoms with E-state index >= 15 is 0 Å². The largest absolute Gasteiger partial charge is 0.271 e. The van der Waals surface area contributed by atoms with Gasteiger partial charge in [0.2, 0.25) is 0 Å². The molecule has 0 radical (unpaired) electrons. The average molecular weight is 287 g/mol. The number of halogens is 1. The minimum Gasteiger partial charge on any atom is -0.271 e. The van der Waals surface area contributed by atoms with Crippen LogP contribution in [-0.2, 0) is 7.05 Å². The summed E-state index contributed by atoms with van der Waals surface area (Å²) in [4.78, 5) is 0. The molecular weight excluding hydrogens is 260 g/mol. The van der Waals surface area contributed by atoms with E-state index in [2.05, 4.69) is 17.4 Å². The lowest BCUT2D eigenvalue weighted by atomic mass is 10.0. The van der Waals surface area contributed by atoms with Gasteiger partial charge in [0.05, 0.1) is 23.0 Å². The van der Waals surface area contributed by atoms with E-state index in [-0.39, 0.29) is 6.04 Å². The minimum absolute atomic E-state index is 0.0932. The molecule has 1 atom stereocenters. The van der Waals surface area contributed by atoms with Crippen LogP contribution in [0.15, 0.2) is 6.20 Å². The van der Waals surface area contributed by atoms with E-state index in [0.717, 1.165) is 12.1 Å². The lowest BCUT2D eigenvalue weighted by Crippen LogP contribution is -2.29. The lowest BCUT2D eigenvalue weighted by Gasteiger charge is -2.16. The van der Waals surface area contributed by atoms with Crippen molar-refractivity contribution in [2.45, 2.75) is 64.3 Å². The van der Waals surface area contributed by atoms with Crippen molar-refractivity contribution in [3.8, 4) is 0 Å². The van der Waals surface area contributed by atoms with Crippen LogP contribution in [0.25, 0.3) is 0 Å². The molecule has 1 rings (SSSR count). The van der Waals surface area contributed by atoms with Crippen LogP contribution in [0.5, 0.6) is 0 Å². The first-order valence-corrected chi connectivity index (χ1v) is 7.72. The number of nitrogens with two attached hydrogens (primary N) is 1. The molecule has 0 spiro atoms. The van der Waals surface area contributed by atoms with Crippen molar-refractivity contribution in [2.24, 2.45) is 12.9 Å².